The number of aryl methyl sites for hydroxylation is 1. The molecule has 0 aliphatic carbocycles. The Bertz CT molecular complexity index is 672. The number of nitrogens with zero attached hydrogens (tertiary/aromatic N) is 1. The minimum atomic E-state index is -0.626. The molecule has 21 heavy (non-hydrogen) atoms. The van der Waals surface area contributed by atoms with Crippen LogP contribution < -0.4 is 10.1 Å². The molecule has 1 atom stereocenters. The van der Waals surface area contributed by atoms with Gasteiger partial charge in [-0.15, -0.1) is 0 Å². The molecule has 0 aromatic heterocycles. The van der Waals surface area contributed by atoms with Crippen LogP contribution in [-0.4, -0.2) is 12.0 Å². The van der Waals surface area contributed by atoms with Gasteiger partial charge in [-0.05, 0) is 44.2 Å². The van der Waals surface area contributed by atoms with E-state index in [9.17, 15) is 4.79 Å². The average Bonchev–Trinajstić information content (AvgIpc) is 2.49. The molecule has 1 N–H and O–H groups in total. The number of carbonyl (C=O) groups excluding carboxylic acids is 1. The molecule has 0 saturated heterocycles. The molecule has 2 aromatic rings. The number of hydrogen-bond donors (Lipinski definition) is 1. The summed E-state index contributed by atoms with van der Waals surface area (Å²) in [5.41, 5.74) is 2.21. The van der Waals surface area contributed by atoms with E-state index in [0.717, 1.165) is 5.56 Å². The lowest BCUT2D eigenvalue weighted by molar-refractivity contribution is -0.122. The fourth-order valence-corrected chi connectivity index (χ4v) is 1.78. The number of carbonyl (C=O) groups is 1. The quantitative estimate of drug-likeness (QED) is 0.935. The number of rotatable bonds is 4. The average molecular weight is 280 g/mol. The van der Waals surface area contributed by atoms with E-state index >= 15 is 0 Å². The lowest BCUT2D eigenvalue weighted by Crippen LogP contribution is -2.30. The van der Waals surface area contributed by atoms with E-state index in [1.165, 1.54) is 0 Å². The Morgan fingerprint density at radius 2 is 1.95 bits per heavy atom. The fourth-order valence-electron chi connectivity index (χ4n) is 1.78. The second-order valence-corrected chi connectivity index (χ2v) is 4.75. The Morgan fingerprint density at radius 1 is 1.24 bits per heavy atom. The molecule has 106 valence electrons. The maximum atomic E-state index is 12.1. The second kappa shape index (κ2) is 6.58. The van der Waals surface area contributed by atoms with Crippen LogP contribution in [0.25, 0.3) is 0 Å². The maximum absolute atomic E-state index is 12.1. The fraction of sp³-hybridized carbons (Fsp3) is 0.176. The van der Waals surface area contributed by atoms with Crippen LogP contribution in [0.1, 0.15) is 18.1 Å². The van der Waals surface area contributed by atoms with Gasteiger partial charge in [-0.3, -0.25) is 4.79 Å². The van der Waals surface area contributed by atoms with Crippen LogP contribution in [0, 0.1) is 18.3 Å². The van der Waals surface area contributed by atoms with E-state index in [-0.39, 0.29) is 5.91 Å². The molecule has 0 fully saturated rings. The molecule has 0 unspecified atom stereocenters. The van der Waals surface area contributed by atoms with Crippen LogP contribution in [0.15, 0.2) is 48.5 Å². The second-order valence-electron chi connectivity index (χ2n) is 4.75. The number of ether oxygens (including phenoxy) is 1. The van der Waals surface area contributed by atoms with Crippen LogP contribution in [0.5, 0.6) is 5.75 Å². The molecule has 0 saturated carbocycles. The Hall–Kier alpha value is -2.80. The van der Waals surface area contributed by atoms with E-state index in [1.54, 1.807) is 31.2 Å². The first-order chi connectivity index (χ1) is 10.1. The van der Waals surface area contributed by atoms with E-state index in [1.807, 2.05) is 37.3 Å². The van der Waals surface area contributed by atoms with Gasteiger partial charge in [0.25, 0.3) is 5.91 Å². The van der Waals surface area contributed by atoms with Gasteiger partial charge in [0, 0.05) is 5.69 Å². The zero-order valence-corrected chi connectivity index (χ0v) is 12.0. The third kappa shape index (κ3) is 4.08. The Balaban J connectivity index is 1.99. The van der Waals surface area contributed by atoms with Crippen LogP contribution in [0.3, 0.4) is 0 Å². The predicted octanol–water partition coefficient (Wildman–Crippen LogP) is 3.27. The minimum absolute atomic E-state index is 0.259. The number of anilines is 1. The predicted molar refractivity (Wildman–Crippen MR) is 81.1 cm³/mol. The summed E-state index contributed by atoms with van der Waals surface area (Å²) in [6.07, 6.45) is -0.626. The number of nitrogens with one attached hydrogen (secondary N) is 1. The van der Waals surface area contributed by atoms with Gasteiger partial charge in [0.1, 0.15) is 5.75 Å². The molecule has 0 spiro atoms. The largest absolute Gasteiger partial charge is 0.481 e. The normalized spacial score (nSPS) is 11.3. The molecule has 4 heteroatoms. The summed E-state index contributed by atoms with van der Waals surface area (Å²) in [5, 5.41) is 11.6. The minimum Gasteiger partial charge on any atom is -0.481 e. The van der Waals surface area contributed by atoms with Crippen molar-refractivity contribution in [2.45, 2.75) is 20.0 Å². The van der Waals surface area contributed by atoms with Crippen molar-refractivity contribution in [3.05, 3.63) is 59.7 Å². The summed E-state index contributed by atoms with van der Waals surface area (Å²) in [7, 11) is 0. The van der Waals surface area contributed by atoms with Gasteiger partial charge < -0.3 is 10.1 Å². The van der Waals surface area contributed by atoms with Crippen molar-refractivity contribution < 1.29 is 9.53 Å². The summed E-state index contributed by atoms with van der Waals surface area (Å²) in [6, 6.07) is 16.3. The van der Waals surface area contributed by atoms with Gasteiger partial charge in [0.15, 0.2) is 6.10 Å². The summed E-state index contributed by atoms with van der Waals surface area (Å²) in [4.78, 5) is 12.1. The molecular weight excluding hydrogens is 264 g/mol. The summed E-state index contributed by atoms with van der Waals surface area (Å²) in [5.74, 6) is 0.389. The highest BCUT2D eigenvalue weighted by molar-refractivity contribution is 5.94. The highest BCUT2D eigenvalue weighted by Gasteiger charge is 2.14. The molecule has 1 amide bonds. The summed E-state index contributed by atoms with van der Waals surface area (Å²) >= 11 is 0. The monoisotopic (exact) mass is 280 g/mol. The first kappa shape index (κ1) is 14.6. The number of nitriles is 1. The van der Waals surface area contributed by atoms with Crippen LogP contribution in [-0.2, 0) is 4.79 Å². The zero-order chi connectivity index (χ0) is 15.2. The first-order valence-corrected chi connectivity index (χ1v) is 6.63. The van der Waals surface area contributed by atoms with Crippen molar-refractivity contribution in [1.29, 1.82) is 5.26 Å². The topological polar surface area (TPSA) is 62.1 Å². The van der Waals surface area contributed by atoms with Gasteiger partial charge in [0.05, 0.1) is 11.6 Å². The molecule has 2 rings (SSSR count). The summed E-state index contributed by atoms with van der Waals surface area (Å²) in [6.45, 7) is 3.67. The standard InChI is InChI=1S/C17H16N2O2/c1-12-6-8-16(9-7-12)21-13(2)17(20)19-15-5-3-4-14(10-15)11-18/h3-10,13H,1-2H3,(H,19,20)/t13-/m1/s1. The number of hydrogen-bond acceptors (Lipinski definition) is 3. The van der Waals surface area contributed by atoms with E-state index < -0.39 is 6.10 Å². The van der Waals surface area contributed by atoms with Gasteiger partial charge in [-0.1, -0.05) is 23.8 Å². The number of benzene rings is 2. The molecule has 0 radical (unpaired) electrons. The van der Waals surface area contributed by atoms with Gasteiger partial charge in [0.2, 0.25) is 0 Å². The van der Waals surface area contributed by atoms with Crippen LogP contribution in [0.4, 0.5) is 5.69 Å². The Labute approximate surface area is 124 Å². The zero-order valence-electron chi connectivity index (χ0n) is 12.0. The molecule has 0 aliphatic heterocycles. The lowest BCUT2D eigenvalue weighted by atomic mass is 10.2. The van der Waals surface area contributed by atoms with Crippen molar-refractivity contribution >= 4 is 11.6 Å². The first-order valence-electron chi connectivity index (χ1n) is 6.63. The molecule has 0 heterocycles. The van der Waals surface area contributed by atoms with Gasteiger partial charge in [-0.2, -0.15) is 5.26 Å². The summed E-state index contributed by atoms with van der Waals surface area (Å²) < 4.78 is 5.58. The third-order valence-corrected chi connectivity index (χ3v) is 2.96. The van der Waals surface area contributed by atoms with E-state index in [0.29, 0.717) is 17.0 Å². The van der Waals surface area contributed by atoms with Crippen molar-refractivity contribution in [1.82, 2.24) is 0 Å². The Morgan fingerprint density at radius 3 is 2.62 bits per heavy atom. The van der Waals surface area contributed by atoms with Crippen molar-refractivity contribution in [3.8, 4) is 11.8 Å². The Kier molecular flexibility index (Phi) is 4.57. The van der Waals surface area contributed by atoms with Crippen LogP contribution in [0.2, 0.25) is 0 Å². The van der Waals surface area contributed by atoms with Gasteiger partial charge >= 0.3 is 0 Å². The van der Waals surface area contributed by atoms with Gasteiger partial charge in [-0.25, -0.2) is 0 Å². The molecule has 2 aromatic carbocycles. The van der Waals surface area contributed by atoms with Crippen molar-refractivity contribution in [3.63, 3.8) is 0 Å². The molecule has 0 aliphatic rings. The highest BCUT2D eigenvalue weighted by Crippen LogP contribution is 2.15. The van der Waals surface area contributed by atoms with E-state index in [4.69, 9.17) is 10.00 Å². The molecular formula is C17H16N2O2. The highest BCUT2D eigenvalue weighted by atomic mass is 16.5. The van der Waals surface area contributed by atoms with E-state index in [2.05, 4.69) is 5.32 Å². The number of amides is 1. The van der Waals surface area contributed by atoms with Crippen molar-refractivity contribution in [2.75, 3.05) is 5.32 Å². The smallest absolute Gasteiger partial charge is 0.265 e. The maximum Gasteiger partial charge on any atom is 0.265 e. The SMILES string of the molecule is Cc1ccc(O[C@H](C)C(=O)Nc2cccc(C#N)c2)cc1. The van der Waals surface area contributed by atoms with Crippen molar-refractivity contribution in [2.24, 2.45) is 0 Å². The third-order valence-electron chi connectivity index (χ3n) is 2.96. The lowest BCUT2D eigenvalue weighted by Gasteiger charge is -2.15. The molecule has 4 nitrogen and oxygen atoms in total. The molecule has 0 bridgehead atoms. The van der Waals surface area contributed by atoms with Crippen LogP contribution >= 0.6 is 0 Å².